The summed E-state index contributed by atoms with van der Waals surface area (Å²) in [5.74, 6) is 0.111. The molecular weight excluding hydrogens is 210 g/mol. The Morgan fingerprint density at radius 3 is 2.81 bits per heavy atom. The van der Waals surface area contributed by atoms with E-state index in [1.807, 2.05) is 0 Å². The number of amides is 2. The molecule has 2 heterocycles. The van der Waals surface area contributed by atoms with Crippen LogP contribution in [0.3, 0.4) is 0 Å². The number of hydrogen-bond donors (Lipinski definition) is 3. The summed E-state index contributed by atoms with van der Waals surface area (Å²) >= 11 is 0. The number of carbonyl (C=O) groups excluding carboxylic acids is 2. The van der Waals surface area contributed by atoms with Gasteiger partial charge in [0.1, 0.15) is 5.84 Å². The molecule has 2 amide bonds. The van der Waals surface area contributed by atoms with Crippen LogP contribution in [0.4, 0.5) is 0 Å². The zero-order chi connectivity index (χ0) is 11.4. The van der Waals surface area contributed by atoms with E-state index in [4.69, 9.17) is 0 Å². The van der Waals surface area contributed by atoms with E-state index >= 15 is 0 Å². The molecule has 0 spiro atoms. The smallest absolute Gasteiger partial charge is 0.247 e. The predicted octanol–water partition coefficient (Wildman–Crippen LogP) is -2.16. The molecule has 1 saturated heterocycles. The summed E-state index contributed by atoms with van der Waals surface area (Å²) < 4.78 is 0. The molecule has 2 aliphatic heterocycles. The van der Waals surface area contributed by atoms with Crippen LogP contribution in [0.25, 0.3) is 0 Å². The lowest BCUT2D eigenvalue weighted by molar-refractivity contribution is -0.121. The van der Waals surface area contributed by atoms with Gasteiger partial charge in [0.2, 0.25) is 11.8 Å². The Bertz CT molecular complexity index is 322. The van der Waals surface area contributed by atoms with Crippen molar-refractivity contribution in [2.24, 2.45) is 5.10 Å². The molecule has 0 atom stereocenters. The molecule has 0 aromatic carbocycles. The first-order valence-electron chi connectivity index (χ1n) is 5.32. The largest absolute Gasteiger partial charge is 0.314 e. The molecule has 0 saturated carbocycles. The van der Waals surface area contributed by atoms with Gasteiger partial charge in [-0.2, -0.15) is 5.10 Å². The molecule has 2 aliphatic rings. The van der Waals surface area contributed by atoms with E-state index in [9.17, 15) is 9.59 Å². The first-order valence-corrected chi connectivity index (χ1v) is 5.32. The van der Waals surface area contributed by atoms with Crippen molar-refractivity contribution in [2.45, 2.75) is 6.42 Å². The Morgan fingerprint density at radius 1 is 1.44 bits per heavy atom. The molecule has 16 heavy (non-hydrogen) atoms. The Kier molecular flexibility index (Phi) is 3.47. The van der Waals surface area contributed by atoms with Gasteiger partial charge in [0.05, 0.1) is 13.0 Å². The highest BCUT2D eigenvalue weighted by molar-refractivity contribution is 6.09. The van der Waals surface area contributed by atoms with Crippen LogP contribution in [-0.4, -0.2) is 55.3 Å². The molecule has 0 aromatic rings. The van der Waals surface area contributed by atoms with Gasteiger partial charge >= 0.3 is 0 Å². The van der Waals surface area contributed by atoms with Gasteiger partial charge in [0.25, 0.3) is 0 Å². The van der Waals surface area contributed by atoms with Crippen LogP contribution >= 0.6 is 0 Å². The Morgan fingerprint density at radius 2 is 2.19 bits per heavy atom. The summed E-state index contributed by atoms with van der Waals surface area (Å²) in [6.07, 6.45) is 0.160. The highest BCUT2D eigenvalue weighted by atomic mass is 16.2. The molecule has 1 fully saturated rings. The second kappa shape index (κ2) is 5.04. The van der Waals surface area contributed by atoms with Crippen LogP contribution in [0.2, 0.25) is 0 Å². The zero-order valence-corrected chi connectivity index (χ0v) is 8.95. The molecule has 0 aliphatic carbocycles. The predicted molar refractivity (Wildman–Crippen MR) is 57.6 cm³/mol. The number of hydrazone groups is 1. The van der Waals surface area contributed by atoms with Gasteiger partial charge in [-0.25, -0.2) is 5.43 Å². The van der Waals surface area contributed by atoms with E-state index in [2.05, 4.69) is 26.1 Å². The van der Waals surface area contributed by atoms with Gasteiger partial charge < -0.3 is 10.6 Å². The summed E-state index contributed by atoms with van der Waals surface area (Å²) in [5.41, 5.74) is 2.29. The van der Waals surface area contributed by atoms with Crippen LogP contribution in [0.1, 0.15) is 6.42 Å². The van der Waals surface area contributed by atoms with Crippen molar-refractivity contribution in [3.8, 4) is 0 Å². The van der Waals surface area contributed by atoms with Crippen molar-refractivity contribution in [1.29, 1.82) is 0 Å². The average Bonchev–Trinajstić information content (AvgIpc) is 2.65. The summed E-state index contributed by atoms with van der Waals surface area (Å²) in [7, 11) is 0. The maximum Gasteiger partial charge on any atom is 0.247 e. The van der Waals surface area contributed by atoms with E-state index in [0.29, 0.717) is 12.4 Å². The Hall–Kier alpha value is -1.47. The maximum absolute atomic E-state index is 11.6. The van der Waals surface area contributed by atoms with E-state index in [-0.39, 0.29) is 18.2 Å². The van der Waals surface area contributed by atoms with Crippen LogP contribution in [0.15, 0.2) is 5.10 Å². The van der Waals surface area contributed by atoms with Crippen molar-refractivity contribution < 1.29 is 9.59 Å². The molecule has 0 aromatic heterocycles. The normalized spacial score (nSPS) is 21.5. The van der Waals surface area contributed by atoms with Crippen LogP contribution < -0.4 is 16.1 Å². The fraction of sp³-hybridized carbons (Fsp3) is 0.667. The van der Waals surface area contributed by atoms with Crippen LogP contribution in [-0.2, 0) is 9.59 Å². The van der Waals surface area contributed by atoms with Gasteiger partial charge in [-0.15, -0.1) is 0 Å². The summed E-state index contributed by atoms with van der Waals surface area (Å²) in [5, 5.41) is 9.54. The minimum atomic E-state index is -0.183. The first kappa shape index (κ1) is 11.0. The fourth-order valence-corrected chi connectivity index (χ4v) is 1.71. The lowest BCUT2D eigenvalue weighted by Crippen LogP contribution is -2.48. The van der Waals surface area contributed by atoms with Gasteiger partial charge in [0, 0.05) is 26.2 Å². The second-order valence-electron chi connectivity index (χ2n) is 3.84. The third-order valence-electron chi connectivity index (χ3n) is 2.50. The van der Waals surface area contributed by atoms with Gasteiger partial charge in [-0.3, -0.25) is 14.5 Å². The highest BCUT2D eigenvalue weighted by Gasteiger charge is 2.18. The first-order chi connectivity index (χ1) is 7.74. The number of carbonyl (C=O) groups is 2. The van der Waals surface area contributed by atoms with E-state index in [0.717, 1.165) is 26.2 Å². The lowest BCUT2D eigenvalue weighted by Gasteiger charge is -2.26. The molecule has 0 bridgehead atoms. The van der Waals surface area contributed by atoms with Crippen LogP contribution in [0.5, 0.6) is 0 Å². The molecule has 3 N–H and O–H groups in total. The van der Waals surface area contributed by atoms with Crippen LogP contribution in [0, 0.1) is 0 Å². The minimum absolute atomic E-state index is 0.114. The standard InChI is InChI=1S/C9H15N5O2/c15-8-5-7(12-13-8)11-9(16)6-14-3-1-10-2-4-14/h10H,1-6H2,(H,13,15)(H,11,12,16). The van der Waals surface area contributed by atoms with Crippen molar-refractivity contribution in [3.05, 3.63) is 0 Å². The molecule has 0 radical (unpaired) electrons. The maximum atomic E-state index is 11.6. The Balaban J connectivity index is 1.73. The fourth-order valence-electron chi connectivity index (χ4n) is 1.71. The highest BCUT2D eigenvalue weighted by Crippen LogP contribution is 1.94. The zero-order valence-electron chi connectivity index (χ0n) is 8.95. The van der Waals surface area contributed by atoms with Gasteiger partial charge in [-0.1, -0.05) is 0 Å². The molecule has 0 unspecified atom stereocenters. The third kappa shape index (κ3) is 3.01. The van der Waals surface area contributed by atoms with E-state index in [1.54, 1.807) is 0 Å². The monoisotopic (exact) mass is 225 g/mol. The second-order valence-corrected chi connectivity index (χ2v) is 3.84. The third-order valence-corrected chi connectivity index (χ3v) is 2.50. The van der Waals surface area contributed by atoms with E-state index < -0.39 is 0 Å². The van der Waals surface area contributed by atoms with Crippen molar-refractivity contribution in [3.63, 3.8) is 0 Å². The van der Waals surface area contributed by atoms with Crippen molar-refractivity contribution >= 4 is 17.6 Å². The number of nitrogens with one attached hydrogen (secondary N) is 3. The van der Waals surface area contributed by atoms with Gasteiger partial charge in [-0.05, 0) is 0 Å². The average molecular weight is 225 g/mol. The number of nitrogens with zero attached hydrogens (tertiary/aromatic N) is 2. The summed E-state index contributed by atoms with van der Waals surface area (Å²) in [4.78, 5) is 24.5. The van der Waals surface area contributed by atoms with Gasteiger partial charge in [0.15, 0.2) is 0 Å². The quantitative estimate of drug-likeness (QED) is 0.500. The number of piperazine rings is 1. The molecule has 7 heteroatoms. The topological polar surface area (TPSA) is 85.8 Å². The number of amidine groups is 1. The molecule has 2 rings (SSSR count). The lowest BCUT2D eigenvalue weighted by atomic mass is 10.3. The SMILES string of the molecule is O=C1CC(NC(=O)CN2CCNCC2)=NN1. The summed E-state index contributed by atoms with van der Waals surface area (Å²) in [6.45, 7) is 3.92. The number of rotatable bonds is 2. The van der Waals surface area contributed by atoms with E-state index in [1.165, 1.54) is 0 Å². The Labute approximate surface area is 93.2 Å². The molecular formula is C9H15N5O2. The molecule has 88 valence electrons. The number of hydrogen-bond acceptors (Lipinski definition) is 5. The van der Waals surface area contributed by atoms with Crippen molar-refractivity contribution in [2.75, 3.05) is 32.7 Å². The summed E-state index contributed by atoms with van der Waals surface area (Å²) in [6, 6.07) is 0. The molecule has 7 nitrogen and oxygen atoms in total. The van der Waals surface area contributed by atoms with Crippen molar-refractivity contribution in [1.82, 2.24) is 21.0 Å². The minimum Gasteiger partial charge on any atom is -0.314 e.